The van der Waals surface area contributed by atoms with Crippen molar-refractivity contribution in [3.05, 3.63) is 21.9 Å². The lowest BCUT2D eigenvalue weighted by Crippen LogP contribution is -2.37. The number of amides is 2. The van der Waals surface area contributed by atoms with Crippen molar-refractivity contribution < 1.29 is 23.9 Å². The lowest BCUT2D eigenvalue weighted by Gasteiger charge is -2.19. The first kappa shape index (κ1) is 16.8. The second kappa shape index (κ2) is 6.84. The fourth-order valence-corrected chi connectivity index (χ4v) is 4.15. The van der Waals surface area contributed by atoms with Gasteiger partial charge in [-0.1, -0.05) is 12.8 Å². The van der Waals surface area contributed by atoms with E-state index in [0.29, 0.717) is 17.7 Å². The number of esters is 1. The minimum atomic E-state index is -0.725. The van der Waals surface area contributed by atoms with E-state index in [1.54, 1.807) is 6.07 Å². The molecule has 6 nitrogen and oxygen atoms in total. The van der Waals surface area contributed by atoms with Gasteiger partial charge in [0.25, 0.3) is 0 Å². The highest BCUT2D eigenvalue weighted by molar-refractivity contribution is 7.14. The van der Waals surface area contributed by atoms with Gasteiger partial charge in [-0.25, -0.2) is 0 Å². The number of thiophene rings is 1. The number of imide groups is 1. The molecule has 1 aromatic heterocycles. The van der Waals surface area contributed by atoms with Gasteiger partial charge >= 0.3 is 5.97 Å². The molecule has 2 atom stereocenters. The number of ketones is 1. The number of carbonyl (C=O) groups excluding carboxylic acids is 4. The molecule has 0 unspecified atom stereocenters. The molecule has 1 aromatic rings. The van der Waals surface area contributed by atoms with Crippen molar-refractivity contribution in [2.24, 2.45) is 11.8 Å². The maximum atomic E-state index is 12.3. The van der Waals surface area contributed by atoms with Crippen molar-refractivity contribution in [1.29, 1.82) is 0 Å². The van der Waals surface area contributed by atoms with Crippen LogP contribution in [-0.4, -0.2) is 41.6 Å². The zero-order valence-electron chi connectivity index (χ0n) is 13.4. The van der Waals surface area contributed by atoms with Crippen LogP contribution in [0, 0.1) is 18.8 Å². The van der Waals surface area contributed by atoms with E-state index in [9.17, 15) is 19.2 Å². The van der Waals surface area contributed by atoms with Gasteiger partial charge in [0.2, 0.25) is 17.6 Å². The third-order valence-electron chi connectivity index (χ3n) is 4.60. The van der Waals surface area contributed by atoms with Crippen LogP contribution in [-0.2, 0) is 19.1 Å². The predicted molar refractivity (Wildman–Crippen MR) is 86.5 cm³/mol. The first-order valence-electron chi connectivity index (χ1n) is 8.08. The largest absolute Gasteiger partial charge is 0.456 e. The molecule has 1 aliphatic carbocycles. The van der Waals surface area contributed by atoms with E-state index in [-0.39, 0.29) is 36.0 Å². The Bertz CT molecular complexity index is 671. The summed E-state index contributed by atoms with van der Waals surface area (Å²) in [5.41, 5.74) is 0. The zero-order chi connectivity index (χ0) is 17.3. The highest BCUT2D eigenvalue weighted by atomic mass is 32.1. The van der Waals surface area contributed by atoms with E-state index in [1.165, 1.54) is 11.3 Å². The van der Waals surface area contributed by atoms with Gasteiger partial charge in [0.1, 0.15) is 6.54 Å². The van der Waals surface area contributed by atoms with Crippen LogP contribution >= 0.6 is 11.3 Å². The molecule has 24 heavy (non-hydrogen) atoms. The molecule has 0 spiro atoms. The highest BCUT2D eigenvalue weighted by Crippen LogP contribution is 2.37. The van der Waals surface area contributed by atoms with Gasteiger partial charge in [0.05, 0.1) is 16.7 Å². The number of carbonyl (C=O) groups is 4. The molecule has 0 bridgehead atoms. The summed E-state index contributed by atoms with van der Waals surface area (Å²) in [6, 6.07) is 3.51. The van der Waals surface area contributed by atoms with Gasteiger partial charge in [0, 0.05) is 4.88 Å². The molecule has 0 radical (unpaired) electrons. The fourth-order valence-electron chi connectivity index (χ4n) is 3.36. The van der Waals surface area contributed by atoms with Crippen molar-refractivity contribution in [1.82, 2.24) is 4.90 Å². The summed E-state index contributed by atoms with van der Waals surface area (Å²) in [5, 5.41) is 0. The number of fused-ring (bicyclic) bond motifs is 1. The molecule has 1 saturated heterocycles. The average molecular weight is 349 g/mol. The van der Waals surface area contributed by atoms with E-state index < -0.39 is 12.5 Å². The summed E-state index contributed by atoms with van der Waals surface area (Å²) in [4.78, 5) is 50.9. The van der Waals surface area contributed by atoms with Crippen molar-refractivity contribution in [3.8, 4) is 0 Å². The first-order valence-corrected chi connectivity index (χ1v) is 8.89. The summed E-state index contributed by atoms with van der Waals surface area (Å²) in [5.74, 6) is -2.13. The number of hydrogen-bond donors (Lipinski definition) is 0. The molecule has 2 heterocycles. The Hall–Kier alpha value is -2.02. The molecule has 7 heteroatoms. The maximum absolute atomic E-state index is 12.3. The van der Waals surface area contributed by atoms with Crippen LogP contribution in [0.25, 0.3) is 0 Å². The van der Waals surface area contributed by atoms with Crippen LogP contribution in [0.4, 0.5) is 0 Å². The minimum absolute atomic E-state index is 0.276. The molecule has 128 valence electrons. The summed E-state index contributed by atoms with van der Waals surface area (Å²) in [7, 11) is 0. The van der Waals surface area contributed by atoms with Crippen LogP contribution in [0.1, 0.15) is 40.2 Å². The van der Waals surface area contributed by atoms with E-state index in [4.69, 9.17) is 4.74 Å². The van der Waals surface area contributed by atoms with Gasteiger partial charge < -0.3 is 4.74 Å². The molecule has 0 N–H and O–H groups in total. The van der Waals surface area contributed by atoms with Crippen molar-refractivity contribution in [3.63, 3.8) is 0 Å². The minimum Gasteiger partial charge on any atom is -0.456 e. The molecular weight excluding hydrogens is 330 g/mol. The fraction of sp³-hybridized carbons (Fsp3) is 0.529. The Kier molecular flexibility index (Phi) is 4.80. The highest BCUT2D eigenvalue weighted by Gasteiger charge is 2.48. The molecule has 2 fully saturated rings. The van der Waals surface area contributed by atoms with Crippen molar-refractivity contribution >= 4 is 34.9 Å². The number of ether oxygens (including phenoxy) is 1. The van der Waals surface area contributed by atoms with Gasteiger partial charge in [-0.2, -0.15) is 0 Å². The standard InChI is InChI=1S/C17H19NO5S/c1-10-6-7-14(24-10)13(19)9-23-15(20)8-18-16(21)11-4-2-3-5-12(11)17(18)22/h6-7,11-12H,2-5,8-9H2,1H3/t11-,12-/m0/s1. The SMILES string of the molecule is Cc1ccc(C(=O)COC(=O)CN2C(=O)[C@H]3CCCC[C@@H]3C2=O)s1. The Balaban J connectivity index is 1.54. The number of Topliss-reactive ketones (excluding diaryl/α,β-unsaturated/α-hetero) is 1. The van der Waals surface area contributed by atoms with Crippen LogP contribution in [0.5, 0.6) is 0 Å². The lowest BCUT2D eigenvalue weighted by molar-refractivity contribution is -0.152. The number of nitrogens with zero attached hydrogens (tertiary/aromatic N) is 1. The van der Waals surface area contributed by atoms with Crippen LogP contribution in [0.3, 0.4) is 0 Å². The monoisotopic (exact) mass is 349 g/mol. The summed E-state index contributed by atoms with van der Waals surface area (Å²) in [6.07, 6.45) is 3.29. The van der Waals surface area contributed by atoms with Crippen LogP contribution in [0.15, 0.2) is 12.1 Å². The van der Waals surface area contributed by atoms with Gasteiger partial charge in [0.15, 0.2) is 6.61 Å². The summed E-state index contributed by atoms with van der Waals surface area (Å²) >= 11 is 1.34. The summed E-state index contributed by atoms with van der Waals surface area (Å²) < 4.78 is 4.95. The topological polar surface area (TPSA) is 80.8 Å². The van der Waals surface area contributed by atoms with Crippen molar-refractivity contribution in [2.75, 3.05) is 13.2 Å². The van der Waals surface area contributed by atoms with Crippen LogP contribution < -0.4 is 0 Å². The molecule has 3 rings (SSSR count). The normalized spacial score (nSPS) is 23.3. The van der Waals surface area contributed by atoms with E-state index >= 15 is 0 Å². The van der Waals surface area contributed by atoms with Gasteiger partial charge in [-0.3, -0.25) is 24.1 Å². The Labute approximate surface area is 143 Å². The first-order chi connectivity index (χ1) is 11.5. The smallest absolute Gasteiger partial charge is 0.326 e. The van der Waals surface area contributed by atoms with E-state index in [2.05, 4.69) is 0 Å². The number of hydrogen-bond acceptors (Lipinski definition) is 6. The van der Waals surface area contributed by atoms with E-state index in [1.807, 2.05) is 13.0 Å². The third kappa shape index (κ3) is 3.26. The number of aryl methyl sites for hydroxylation is 1. The number of rotatable bonds is 5. The average Bonchev–Trinajstić information content (AvgIpc) is 3.11. The summed E-state index contributed by atoms with van der Waals surface area (Å²) in [6.45, 7) is 1.11. The van der Waals surface area contributed by atoms with Crippen LogP contribution in [0.2, 0.25) is 0 Å². The molecule has 2 aliphatic rings. The Morgan fingerprint density at radius 2 is 1.79 bits per heavy atom. The second-order valence-corrected chi connectivity index (χ2v) is 7.54. The van der Waals surface area contributed by atoms with Gasteiger partial charge in [-0.05, 0) is 31.9 Å². The number of likely N-dealkylation sites (tertiary alicyclic amines) is 1. The third-order valence-corrected chi connectivity index (χ3v) is 5.64. The second-order valence-electron chi connectivity index (χ2n) is 6.25. The molecule has 2 amide bonds. The molecular formula is C17H19NO5S. The van der Waals surface area contributed by atoms with E-state index in [0.717, 1.165) is 22.6 Å². The molecule has 0 aromatic carbocycles. The quantitative estimate of drug-likeness (QED) is 0.461. The zero-order valence-corrected chi connectivity index (χ0v) is 14.3. The molecule has 1 aliphatic heterocycles. The maximum Gasteiger partial charge on any atom is 0.326 e. The van der Waals surface area contributed by atoms with Gasteiger partial charge in [-0.15, -0.1) is 11.3 Å². The van der Waals surface area contributed by atoms with Crippen molar-refractivity contribution in [2.45, 2.75) is 32.6 Å². The Morgan fingerprint density at radius 1 is 1.17 bits per heavy atom. The Morgan fingerprint density at radius 3 is 2.33 bits per heavy atom. The molecule has 1 saturated carbocycles. The lowest BCUT2D eigenvalue weighted by atomic mass is 9.81. The predicted octanol–water partition coefficient (Wildman–Crippen LogP) is 1.96.